The predicted molar refractivity (Wildman–Crippen MR) is 104 cm³/mol. The number of imide groups is 1. The maximum atomic E-state index is 12.8. The van der Waals surface area contributed by atoms with Gasteiger partial charge in [0, 0.05) is 6.07 Å². The summed E-state index contributed by atoms with van der Waals surface area (Å²) in [6.07, 6.45) is 3.43. The topological polar surface area (TPSA) is 110 Å². The monoisotopic (exact) mass is 417 g/mol. The highest BCUT2D eigenvalue weighted by Gasteiger charge is 2.47. The minimum atomic E-state index is -3.90. The molecular weight excluding hydrogens is 394 g/mol. The van der Waals surface area contributed by atoms with Gasteiger partial charge in [-0.2, -0.15) is 0 Å². The first-order chi connectivity index (χ1) is 13.8. The summed E-state index contributed by atoms with van der Waals surface area (Å²) >= 11 is 0. The van der Waals surface area contributed by atoms with Gasteiger partial charge in [-0.05, 0) is 43.9 Å². The zero-order valence-corrected chi connectivity index (χ0v) is 17.2. The van der Waals surface area contributed by atoms with E-state index in [1.165, 1.54) is 17.0 Å². The van der Waals surface area contributed by atoms with E-state index in [0.29, 0.717) is 16.9 Å². The molecule has 1 saturated carbocycles. The van der Waals surface area contributed by atoms with Gasteiger partial charge < -0.3 is 4.52 Å². The van der Waals surface area contributed by atoms with Crippen LogP contribution in [0.4, 0.5) is 5.82 Å². The third kappa shape index (κ3) is 3.66. The largest absolute Gasteiger partial charge is 0.360 e. The van der Waals surface area contributed by atoms with Gasteiger partial charge in [0.2, 0.25) is 11.8 Å². The van der Waals surface area contributed by atoms with Crippen LogP contribution < -0.4 is 4.72 Å². The van der Waals surface area contributed by atoms with Crippen molar-refractivity contribution in [2.75, 3.05) is 4.72 Å². The minimum Gasteiger partial charge on any atom is -0.360 e. The number of hydrogen-bond acceptors (Lipinski definition) is 6. The molecular formula is C20H23N3O5S. The van der Waals surface area contributed by atoms with Gasteiger partial charge in [0.05, 0.1) is 23.3 Å². The summed E-state index contributed by atoms with van der Waals surface area (Å²) in [7, 11) is -3.90. The van der Waals surface area contributed by atoms with Crippen molar-refractivity contribution in [3.05, 3.63) is 41.2 Å². The predicted octanol–water partition coefficient (Wildman–Crippen LogP) is 2.77. The van der Waals surface area contributed by atoms with E-state index in [2.05, 4.69) is 9.88 Å². The van der Waals surface area contributed by atoms with E-state index in [4.69, 9.17) is 4.52 Å². The molecule has 4 rings (SSSR count). The second kappa shape index (κ2) is 7.29. The summed E-state index contributed by atoms with van der Waals surface area (Å²) in [5, 5.41) is 3.66. The molecule has 154 valence electrons. The van der Waals surface area contributed by atoms with E-state index in [-0.39, 0.29) is 40.9 Å². The Morgan fingerprint density at radius 1 is 1.10 bits per heavy atom. The lowest BCUT2D eigenvalue weighted by atomic mass is 9.81. The number of aromatic nitrogens is 1. The molecule has 2 aromatic rings. The summed E-state index contributed by atoms with van der Waals surface area (Å²) in [6.45, 7) is 3.43. The van der Waals surface area contributed by atoms with Crippen molar-refractivity contribution in [3.63, 3.8) is 0 Å². The number of amides is 2. The number of hydrogen-bond donors (Lipinski definition) is 1. The highest BCUT2D eigenvalue weighted by Crippen LogP contribution is 2.38. The molecule has 0 unspecified atom stereocenters. The number of carbonyl (C=O) groups excluding carboxylic acids is 2. The second-order valence-corrected chi connectivity index (χ2v) is 9.44. The normalized spacial score (nSPS) is 22.1. The van der Waals surface area contributed by atoms with E-state index < -0.39 is 10.0 Å². The number of carbonyl (C=O) groups is 2. The number of nitrogens with zero attached hydrogens (tertiary/aromatic N) is 2. The Bertz CT molecular complexity index is 1050. The lowest BCUT2D eigenvalue weighted by molar-refractivity contribution is -0.140. The maximum absolute atomic E-state index is 12.8. The molecule has 1 N–H and O–H groups in total. The molecule has 8 nitrogen and oxygen atoms in total. The number of nitrogens with one attached hydrogen (secondary N) is 1. The van der Waals surface area contributed by atoms with Gasteiger partial charge in [-0.3, -0.25) is 19.2 Å². The average Bonchev–Trinajstić information content (AvgIpc) is 3.19. The van der Waals surface area contributed by atoms with Crippen LogP contribution in [-0.2, 0) is 26.2 Å². The van der Waals surface area contributed by atoms with Crippen molar-refractivity contribution in [1.82, 2.24) is 10.1 Å². The van der Waals surface area contributed by atoms with E-state index in [0.717, 1.165) is 25.7 Å². The van der Waals surface area contributed by atoms with Gasteiger partial charge >= 0.3 is 0 Å². The van der Waals surface area contributed by atoms with Crippen molar-refractivity contribution in [3.8, 4) is 0 Å². The Morgan fingerprint density at radius 2 is 1.76 bits per heavy atom. The molecule has 9 heteroatoms. The fourth-order valence-electron chi connectivity index (χ4n) is 4.21. The molecule has 0 radical (unpaired) electrons. The summed E-state index contributed by atoms with van der Waals surface area (Å²) in [6, 6.07) is 6.42. The van der Waals surface area contributed by atoms with Crippen molar-refractivity contribution < 1.29 is 22.5 Å². The number of benzene rings is 1. The third-order valence-electron chi connectivity index (χ3n) is 5.68. The van der Waals surface area contributed by atoms with Crippen molar-refractivity contribution >= 4 is 27.7 Å². The number of sulfonamides is 1. The first kappa shape index (κ1) is 19.6. The van der Waals surface area contributed by atoms with Crippen LogP contribution in [0.5, 0.6) is 0 Å². The summed E-state index contributed by atoms with van der Waals surface area (Å²) in [4.78, 5) is 26.8. The number of likely N-dealkylation sites (tertiary alicyclic amines) is 1. The molecule has 1 aromatic carbocycles. The SMILES string of the molecule is Cc1cc(NS(=O)(=O)c2cc(CN3C(=O)[C@H]4CCCC[C@@H]4C3=O)ccc2C)no1. The van der Waals surface area contributed by atoms with Gasteiger partial charge in [-0.25, -0.2) is 8.42 Å². The minimum absolute atomic E-state index is 0.0761. The molecule has 1 saturated heterocycles. The summed E-state index contributed by atoms with van der Waals surface area (Å²) in [5.41, 5.74) is 1.14. The molecule has 1 aliphatic carbocycles. The Labute approximate surface area is 169 Å². The molecule has 2 atom stereocenters. The van der Waals surface area contributed by atoms with Crippen LogP contribution in [0.2, 0.25) is 0 Å². The molecule has 2 amide bonds. The number of rotatable bonds is 5. The standard InChI is InChI=1S/C20H23N3O5S/c1-12-7-8-14(10-17(12)29(26,27)22-18-9-13(2)28-21-18)11-23-19(24)15-5-3-4-6-16(15)20(23)25/h7-10,15-16H,3-6,11H2,1-2H3,(H,21,22)/t15-,16-/m0/s1. The van der Waals surface area contributed by atoms with E-state index in [1.54, 1.807) is 26.0 Å². The van der Waals surface area contributed by atoms with Crippen LogP contribution in [0.3, 0.4) is 0 Å². The van der Waals surface area contributed by atoms with Crippen LogP contribution in [0, 0.1) is 25.7 Å². The first-order valence-electron chi connectivity index (χ1n) is 9.67. The fraction of sp³-hybridized carbons (Fsp3) is 0.450. The van der Waals surface area contributed by atoms with E-state index >= 15 is 0 Å². The smallest absolute Gasteiger partial charge is 0.263 e. The van der Waals surface area contributed by atoms with Gasteiger partial charge in [0.1, 0.15) is 5.76 Å². The molecule has 0 spiro atoms. The van der Waals surface area contributed by atoms with Crippen molar-refractivity contribution in [1.29, 1.82) is 0 Å². The Morgan fingerprint density at radius 3 is 2.34 bits per heavy atom. The maximum Gasteiger partial charge on any atom is 0.263 e. The van der Waals surface area contributed by atoms with Crippen LogP contribution in [-0.4, -0.2) is 30.3 Å². The van der Waals surface area contributed by atoms with Gasteiger partial charge in [-0.1, -0.05) is 30.1 Å². The van der Waals surface area contributed by atoms with Gasteiger partial charge in [0.15, 0.2) is 5.82 Å². The van der Waals surface area contributed by atoms with Crippen LogP contribution >= 0.6 is 0 Å². The van der Waals surface area contributed by atoms with Crippen molar-refractivity contribution in [2.45, 2.75) is 51.0 Å². The van der Waals surface area contributed by atoms with Crippen LogP contribution in [0.25, 0.3) is 0 Å². The molecule has 1 aliphatic heterocycles. The highest BCUT2D eigenvalue weighted by atomic mass is 32.2. The van der Waals surface area contributed by atoms with Gasteiger partial charge in [0.25, 0.3) is 10.0 Å². The number of anilines is 1. The van der Waals surface area contributed by atoms with E-state index in [9.17, 15) is 18.0 Å². The molecule has 2 heterocycles. The first-order valence-corrected chi connectivity index (χ1v) is 11.2. The quantitative estimate of drug-likeness (QED) is 0.749. The summed E-state index contributed by atoms with van der Waals surface area (Å²) in [5.74, 6) is -0.132. The number of aryl methyl sites for hydroxylation is 2. The number of fused-ring (bicyclic) bond motifs is 1. The third-order valence-corrected chi connectivity index (χ3v) is 7.18. The average molecular weight is 417 g/mol. The molecule has 2 fully saturated rings. The summed E-state index contributed by atoms with van der Waals surface area (Å²) < 4.78 is 32.9. The highest BCUT2D eigenvalue weighted by molar-refractivity contribution is 7.92. The molecule has 1 aromatic heterocycles. The zero-order valence-electron chi connectivity index (χ0n) is 16.3. The Balaban J connectivity index is 1.58. The molecule has 0 bridgehead atoms. The van der Waals surface area contributed by atoms with Crippen molar-refractivity contribution in [2.24, 2.45) is 11.8 Å². The van der Waals surface area contributed by atoms with E-state index in [1.807, 2.05) is 0 Å². The lowest BCUT2D eigenvalue weighted by Gasteiger charge is -2.19. The second-order valence-electron chi connectivity index (χ2n) is 7.79. The Kier molecular flexibility index (Phi) is 4.94. The zero-order chi connectivity index (χ0) is 20.8. The van der Waals surface area contributed by atoms with Crippen LogP contribution in [0.1, 0.15) is 42.6 Å². The fourth-order valence-corrected chi connectivity index (χ4v) is 5.49. The van der Waals surface area contributed by atoms with Crippen LogP contribution in [0.15, 0.2) is 33.7 Å². The lowest BCUT2D eigenvalue weighted by Crippen LogP contribution is -2.30. The Hall–Kier alpha value is -2.68. The van der Waals surface area contributed by atoms with Gasteiger partial charge in [-0.15, -0.1) is 0 Å². The molecule has 2 aliphatic rings. The molecule has 29 heavy (non-hydrogen) atoms.